The van der Waals surface area contributed by atoms with E-state index in [9.17, 15) is 19.2 Å². The van der Waals surface area contributed by atoms with Crippen molar-refractivity contribution in [3.05, 3.63) is 35.9 Å². The van der Waals surface area contributed by atoms with Crippen LogP contribution in [0.4, 0.5) is 4.79 Å². The van der Waals surface area contributed by atoms with Crippen molar-refractivity contribution in [1.29, 1.82) is 0 Å². The van der Waals surface area contributed by atoms with Crippen molar-refractivity contribution in [1.82, 2.24) is 10.6 Å². The average Bonchev–Trinajstić information content (AvgIpc) is 2.56. The van der Waals surface area contributed by atoms with Crippen LogP contribution >= 0.6 is 0 Å². The normalized spacial score (nSPS) is 12.5. The van der Waals surface area contributed by atoms with Crippen molar-refractivity contribution in [2.45, 2.75) is 38.5 Å². The maximum Gasteiger partial charge on any atom is 0.408 e. The van der Waals surface area contributed by atoms with Gasteiger partial charge in [-0.25, -0.2) is 9.59 Å². The molecular formula is C16H21N3O6. The monoisotopic (exact) mass is 351 g/mol. The molecule has 0 saturated carbocycles. The van der Waals surface area contributed by atoms with E-state index < -0.39 is 36.0 Å². The Morgan fingerprint density at radius 2 is 1.80 bits per heavy atom. The SMILES string of the molecule is CC(NC(=O)OCc1ccccc1)C(=O)NC(CCC(N)=O)C(=O)O. The van der Waals surface area contributed by atoms with Gasteiger partial charge in [-0.2, -0.15) is 0 Å². The molecule has 0 fully saturated rings. The molecule has 9 nitrogen and oxygen atoms in total. The molecule has 1 aromatic carbocycles. The van der Waals surface area contributed by atoms with Gasteiger partial charge < -0.3 is 26.2 Å². The molecule has 0 bridgehead atoms. The van der Waals surface area contributed by atoms with E-state index in [4.69, 9.17) is 15.6 Å². The number of carbonyl (C=O) groups is 4. The van der Waals surface area contributed by atoms with Crippen molar-refractivity contribution in [3.8, 4) is 0 Å². The zero-order valence-corrected chi connectivity index (χ0v) is 13.7. The Morgan fingerprint density at radius 1 is 1.16 bits per heavy atom. The highest BCUT2D eigenvalue weighted by atomic mass is 16.5. The van der Waals surface area contributed by atoms with Crippen LogP contribution in [0, 0.1) is 0 Å². The fourth-order valence-electron chi connectivity index (χ4n) is 1.85. The lowest BCUT2D eigenvalue weighted by atomic mass is 10.1. The molecule has 136 valence electrons. The van der Waals surface area contributed by atoms with E-state index in [-0.39, 0.29) is 19.4 Å². The summed E-state index contributed by atoms with van der Waals surface area (Å²) in [7, 11) is 0. The number of hydrogen-bond acceptors (Lipinski definition) is 5. The van der Waals surface area contributed by atoms with Crippen molar-refractivity contribution in [2.75, 3.05) is 0 Å². The highest BCUT2D eigenvalue weighted by Crippen LogP contribution is 2.01. The molecule has 0 aliphatic heterocycles. The third-order valence-electron chi connectivity index (χ3n) is 3.23. The largest absolute Gasteiger partial charge is 0.480 e. The van der Waals surface area contributed by atoms with Gasteiger partial charge in [-0.1, -0.05) is 30.3 Å². The van der Waals surface area contributed by atoms with E-state index in [1.165, 1.54) is 6.92 Å². The number of carboxylic acids is 1. The van der Waals surface area contributed by atoms with Crippen LogP contribution in [0.15, 0.2) is 30.3 Å². The fourth-order valence-corrected chi connectivity index (χ4v) is 1.85. The number of rotatable bonds is 9. The second-order valence-corrected chi connectivity index (χ2v) is 5.33. The highest BCUT2D eigenvalue weighted by molar-refractivity contribution is 5.89. The molecule has 9 heteroatoms. The Labute approximate surface area is 144 Å². The summed E-state index contributed by atoms with van der Waals surface area (Å²) < 4.78 is 4.97. The van der Waals surface area contributed by atoms with Gasteiger partial charge in [0.1, 0.15) is 18.7 Å². The van der Waals surface area contributed by atoms with E-state index in [0.717, 1.165) is 5.56 Å². The summed E-state index contributed by atoms with van der Waals surface area (Å²) in [5, 5.41) is 13.6. The third-order valence-corrected chi connectivity index (χ3v) is 3.23. The lowest BCUT2D eigenvalue weighted by molar-refractivity contribution is -0.142. The number of alkyl carbamates (subject to hydrolysis) is 1. The van der Waals surface area contributed by atoms with Gasteiger partial charge in [0, 0.05) is 6.42 Å². The van der Waals surface area contributed by atoms with Gasteiger partial charge in [0.2, 0.25) is 11.8 Å². The molecular weight excluding hydrogens is 330 g/mol. The molecule has 0 saturated heterocycles. The first-order valence-corrected chi connectivity index (χ1v) is 7.58. The van der Waals surface area contributed by atoms with Crippen molar-refractivity contribution >= 4 is 23.9 Å². The zero-order chi connectivity index (χ0) is 18.8. The number of aliphatic carboxylic acids is 1. The van der Waals surface area contributed by atoms with Crippen molar-refractivity contribution < 1.29 is 29.0 Å². The maximum atomic E-state index is 12.0. The molecule has 1 aromatic rings. The Balaban J connectivity index is 2.44. The Kier molecular flexibility index (Phi) is 7.91. The molecule has 5 N–H and O–H groups in total. The number of carboxylic acid groups (broad SMARTS) is 1. The lowest BCUT2D eigenvalue weighted by Crippen LogP contribution is -2.50. The van der Waals surface area contributed by atoms with Crippen LogP contribution in [0.2, 0.25) is 0 Å². The van der Waals surface area contributed by atoms with Crippen molar-refractivity contribution in [3.63, 3.8) is 0 Å². The number of primary amides is 1. The van der Waals surface area contributed by atoms with Crippen LogP contribution in [-0.2, 0) is 25.7 Å². The molecule has 2 unspecified atom stereocenters. The molecule has 0 aliphatic carbocycles. The number of benzene rings is 1. The molecule has 0 radical (unpaired) electrons. The summed E-state index contributed by atoms with van der Waals surface area (Å²) in [6.45, 7) is 1.42. The summed E-state index contributed by atoms with van der Waals surface area (Å²) in [5.41, 5.74) is 5.74. The number of amides is 3. The van der Waals surface area contributed by atoms with E-state index in [1.54, 1.807) is 24.3 Å². The molecule has 0 aromatic heterocycles. The number of ether oxygens (including phenoxy) is 1. The first-order chi connectivity index (χ1) is 11.8. The average molecular weight is 351 g/mol. The van der Waals surface area contributed by atoms with Gasteiger partial charge in [0.15, 0.2) is 0 Å². The summed E-state index contributed by atoms with van der Waals surface area (Å²) in [6.07, 6.45) is -1.13. The summed E-state index contributed by atoms with van der Waals surface area (Å²) in [4.78, 5) is 45.4. The molecule has 25 heavy (non-hydrogen) atoms. The van der Waals surface area contributed by atoms with Crippen LogP contribution in [-0.4, -0.2) is 41.1 Å². The third kappa shape index (κ3) is 7.82. The van der Waals surface area contributed by atoms with Crippen LogP contribution < -0.4 is 16.4 Å². The highest BCUT2D eigenvalue weighted by Gasteiger charge is 2.24. The van der Waals surface area contributed by atoms with Gasteiger partial charge >= 0.3 is 12.1 Å². The summed E-state index contributed by atoms with van der Waals surface area (Å²) in [5.74, 6) is -2.68. The van der Waals surface area contributed by atoms with Crippen LogP contribution in [0.3, 0.4) is 0 Å². The molecule has 0 heterocycles. The topological polar surface area (TPSA) is 148 Å². The summed E-state index contributed by atoms with van der Waals surface area (Å²) >= 11 is 0. The van der Waals surface area contributed by atoms with Gasteiger partial charge in [-0.3, -0.25) is 9.59 Å². The lowest BCUT2D eigenvalue weighted by Gasteiger charge is -2.18. The van der Waals surface area contributed by atoms with Gasteiger partial charge in [0.25, 0.3) is 0 Å². The Morgan fingerprint density at radius 3 is 2.36 bits per heavy atom. The molecule has 1 rings (SSSR count). The quantitative estimate of drug-likeness (QED) is 0.497. The molecule has 0 aliphatic rings. The number of nitrogens with one attached hydrogen (secondary N) is 2. The number of nitrogens with two attached hydrogens (primary N) is 1. The second-order valence-electron chi connectivity index (χ2n) is 5.33. The first kappa shape index (κ1) is 19.9. The standard InChI is InChI=1S/C16H21N3O6/c1-10(14(21)19-12(15(22)23)7-8-13(17)20)18-16(24)25-9-11-5-3-2-4-6-11/h2-6,10,12H,7-9H2,1H3,(H2,17,20)(H,18,24)(H,19,21)(H,22,23). The minimum atomic E-state index is -1.30. The van der Waals surface area contributed by atoms with E-state index in [0.29, 0.717) is 0 Å². The smallest absolute Gasteiger partial charge is 0.408 e. The van der Waals surface area contributed by atoms with E-state index in [1.807, 2.05) is 6.07 Å². The summed E-state index contributed by atoms with van der Waals surface area (Å²) in [6, 6.07) is 6.69. The fraction of sp³-hybridized carbons (Fsp3) is 0.375. The van der Waals surface area contributed by atoms with Crippen LogP contribution in [0.1, 0.15) is 25.3 Å². The molecule has 2 atom stereocenters. The van der Waals surface area contributed by atoms with Gasteiger partial charge in [0.05, 0.1) is 0 Å². The molecule has 0 spiro atoms. The van der Waals surface area contributed by atoms with Crippen LogP contribution in [0.5, 0.6) is 0 Å². The maximum absolute atomic E-state index is 12.0. The Hall–Kier alpha value is -3.10. The van der Waals surface area contributed by atoms with Gasteiger partial charge in [-0.15, -0.1) is 0 Å². The Bertz CT molecular complexity index is 620. The number of hydrogen-bond donors (Lipinski definition) is 4. The molecule has 3 amide bonds. The first-order valence-electron chi connectivity index (χ1n) is 7.58. The predicted octanol–water partition coefficient (Wildman–Crippen LogP) is 0.136. The van der Waals surface area contributed by atoms with E-state index >= 15 is 0 Å². The minimum Gasteiger partial charge on any atom is -0.480 e. The van der Waals surface area contributed by atoms with Crippen molar-refractivity contribution in [2.24, 2.45) is 5.73 Å². The van der Waals surface area contributed by atoms with Crippen LogP contribution in [0.25, 0.3) is 0 Å². The second kappa shape index (κ2) is 9.91. The predicted molar refractivity (Wildman–Crippen MR) is 87.2 cm³/mol. The van der Waals surface area contributed by atoms with Gasteiger partial charge in [-0.05, 0) is 18.9 Å². The minimum absolute atomic E-state index is 0.0391. The zero-order valence-electron chi connectivity index (χ0n) is 13.7. The van der Waals surface area contributed by atoms with E-state index in [2.05, 4.69) is 10.6 Å². The number of carbonyl (C=O) groups excluding carboxylic acids is 3.